The van der Waals surface area contributed by atoms with Crippen molar-refractivity contribution < 1.29 is 0 Å². The molecule has 0 radical (unpaired) electrons. The van der Waals surface area contributed by atoms with Crippen LogP contribution >= 0.6 is 11.8 Å². The van der Waals surface area contributed by atoms with Gasteiger partial charge in [0.25, 0.3) is 0 Å². The molecular formula is C25H31N9S. The van der Waals surface area contributed by atoms with Crippen LogP contribution in [-0.2, 0) is 0 Å². The summed E-state index contributed by atoms with van der Waals surface area (Å²) in [6.07, 6.45) is 10.9. The van der Waals surface area contributed by atoms with Gasteiger partial charge in [-0.2, -0.15) is 0 Å². The third kappa shape index (κ3) is 5.19. The molecule has 1 unspecified atom stereocenters. The fraction of sp³-hybridized carbons (Fsp3) is 0.440. The molecule has 3 N–H and O–H groups in total. The van der Waals surface area contributed by atoms with E-state index in [1.807, 2.05) is 36.8 Å². The number of amidine groups is 1. The molecule has 182 valence electrons. The van der Waals surface area contributed by atoms with Gasteiger partial charge in [-0.05, 0) is 50.1 Å². The molecule has 10 heteroatoms. The quantitative estimate of drug-likeness (QED) is 0.494. The summed E-state index contributed by atoms with van der Waals surface area (Å²) in [4.78, 5) is 23.3. The molecule has 3 aromatic rings. The Morgan fingerprint density at radius 2 is 1.83 bits per heavy atom. The number of likely N-dealkylation sites (N-methyl/N-ethyl adjacent to an activating group) is 1. The third-order valence-corrected chi connectivity index (χ3v) is 8.18. The van der Waals surface area contributed by atoms with E-state index in [-0.39, 0.29) is 0 Å². The average molecular weight is 490 g/mol. The molecule has 1 aliphatic carbocycles. The lowest BCUT2D eigenvalue weighted by Crippen LogP contribution is -2.44. The number of hydrazine groups is 1. The fourth-order valence-corrected chi connectivity index (χ4v) is 6.06. The van der Waals surface area contributed by atoms with E-state index in [1.54, 1.807) is 11.8 Å². The molecule has 5 heterocycles. The Kier molecular flexibility index (Phi) is 6.41. The van der Waals surface area contributed by atoms with Crippen molar-refractivity contribution in [2.45, 2.75) is 31.1 Å². The maximum atomic E-state index is 4.76. The number of piperazine rings is 1. The SMILES string of the molecule is CN1CCN(c2cncc(Nc3cnc4ccc(N=C5NNC(C6CCCC6)S5)nc4c3)c2)CC1. The van der Waals surface area contributed by atoms with E-state index < -0.39 is 0 Å². The highest BCUT2D eigenvalue weighted by Gasteiger charge is 2.31. The summed E-state index contributed by atoms with van der Waals surface area (Å²) >= 11 is 1.77. The van der Waals surface area contributed by atoms with Crippen molar-refractivity contribution in [1.29, 1.82) is 0 Å². The van der Waals surface area contributed by atoms with E-state index in [0.29, 0.717) is 17.1 Å². The van der Waals surface area contributed by atoms with Crippen LogP contribution in [0.15, 0.2) is 47.8 Å². The monoisotopic (exact) mass is 489 g/mol. The molecule has 9 nitrogen and oxygen atoms in total. The van der Waals surface area contributed by atoms with E-state index in [1.165, 1.54) is 25.7 Å². The smallest absolute Gasteiger partial charge is 0.179 e. The van der Waals surface area contributed by atoms with Crippen LogP contribution in [0.2, 0.25) is 0 Å². The molecule has 6 rings (SSSR count). The molecule has 0 spiro atoms. The van der Waals surface area contributed by atoms with Crippen molar-refractivity contribution in [2.75, 3.05) is 43.4 Å². The van der Waals surface area contributed by atoms with Crippen molar-refractivity contribution in [3.63, 3.8) is 0 Å². The molecule has 2 aliphatic heterocycles. The molecule has 3 aliphatic rings. The minimum atomic E-state index is 0.393. The predicted molar refractivity (Wildman–Crippen MR) is 143 cm³/mol. The largest absolute Gasteiger partial charge is 0.368 e. The van der Waals surface area contributed by atoms with Gasteiger partial charge >= 0.3 is 0 Å². The lowest BCUT2D eigenvalue weighted by atomic mass is 10.1. The zero-order chi connectivity index (χ0) is 23.6. The zero-order valence-corrected chi connectivity index (χ0v) is 20.8. The standard InChI is InChI=1S/C25H31N9S/c1-33-8-10-34(11-9-33)20-12-18(14-26-16-20)28-19-13-22-21(27-15-19)6-7-23(29-22)30-25-32-31-24(35-25)17-4-2-3-5-17/h6-7,12-17,24,28,31H,2-5,8-11H2,1H3,(H,29,30,32). The van der Waals surface area contributed by atoms with Gasteiger partial charge in [0.1, 0.15) is 0 Å². The van der Waals surface area contributed by atoms with E-state index in [9.17, 15) is 0 Å². The highest BCUT2D eigenvalue weighted by atomic mass is 32.2. The summed E-state index contributed by atoms with van der Waals surface area (Å²) in [5, 5.41) is 4.72. The first kappa shape index (κ1) is 22.5. The second-order valence-electron chi connectivity index (χ2n) is 9.55. The van der Waals surface area contributed by atoms with Gasteiger partial charge in [0.15, 0.2) is 11.0 Å². The summed E-state index contributed by atoms with van der Waals surface area (Å²) in [5.41, 5.74) is 11.2. The lowest BCUT2D eigenvalue weighted by molar-refractivity contribution is 0.313. The van der Waals surface area contributed by atoms with Crippen LogP contribution in [0.5, 0.6) is 0 Å². The summed E-state index contributed by atoms with van der Waals surface area (Å²) < 4.78 is 0. The van der Waals surface area contributed by atoms with Crippen molar-refractivity contribution in [3.05, 3.63) is 42.9 Å². The zero-order valence-electron chi connectivity index (χ0n) is 19.9. The number of pyridine rings is 3. The summed E-state index contributed by atoms with van der Waals surface area (Å²) in [6.45, 7) is 4.16. The van der Waals surface area contributed by atoms with Crippen LogP contribution in [0.1, 0.15) is 25.7 Å². The molecule has 0 aromatic carbocycles. The number of fused-ring (bicyclic) bond motifs is 1. The number of rotatable bonds is 5. The molecule has 1 atom stereocenters. The van der Waals surface area contributed by atoms with Gasteiger partial charge < -0.3 is 15.1 Å². The molecule has 0 bridgehead atoms. The van der Waals surface area contributed by atoms with Crippen molar-refractivity contribution in [1.82, 2.24) is 30.7 Å². The highest BCUT2D eigenvalue weighted by molar-refractivity contribution is 8.14. The fourth-order valence-electron chi connectivity index (χ4n) is 4.97. The normalized spacial score (nSPS) is 22.7. The van der Waals surface area contributed by atoms with Crippen molar-refractivity contribution in [3.8, 4) is 0 Å². The first-order valence-electron chi connectivity index (χ1n) is 12.4. The lowest BCUT2D eigenvalue weighted by Gasteiger charge is -2.33. The molecular weight excluding hydrogens is 458 g/mol. The maximum Gasteiger partial charge on any atom is 0.179 e. The Labute approximate surface area is 209 Å². The highest BCUT2D eigenvalue weighted by Crippen LogP contribution is 2.35. The van der Waals surface area contributed by atoms with Gasteiger partial charge in [-0.25, -0.2) is 15.4 Å². The van der Waals surface area contributed by atoms with Crippen molar-refractivity contribution in [2.24, 2.45) is 10.9 Å². The number of thioether (sulfide) groups is 1. The van der Waals surface area contributed by atoms with Gasteiger partial charge in [-0.1, -0.05) is 24.6 Å². The molecule has 3 aromatic heterocycles. The van der Waals surface area contributed by atoms with Gasteiger partial charge in [0.05, 0.1) is 52.1 Å². The summed E-state index contributed by atoms with van der Waals surface area (Å²) in [7, 11) is 2.17. The van der Waals surface area contributed by atoms with E-state index in [0.717, 1.165) is 59.4 Å². The molecule has 0 amide bonds. The Hall–Kier alpha value is -2.95. The van der Waals surface area contributed by atoms with Crippen LogP contribution < -0.4 is 21.1 Å². The van der Waals surface area contributed by atoms with E-state index in [4.69, 9.17) is 9.98 Å². The third-order valence-electron chi connectivity index (χ3n) is 7.01. The van der Waals surface area contributed by atoms with Crippen molar-refractivity contribution >= 4 is 50.8 Å². The first-order valence-corrected chi connectivity index (χ1v) is 13.3. The van der Waals surface area contributed by atoms with Crippen LogP contribution in [-0.4, -0.2) is 63.6 Å². The number of hydrogen-bond acceptors (Lipinski definition) is 9. The van der Waals surface area contributed by atoms with Gasteiger partial charge in [0.2, 0.25) is 0 Å². The van der Waals surface area contributed by atoms with Crippen LogP contribution in [0.25, 0.3) is 11.0 Å². The van der Waals surface area contributed by atoms with Gasteiger partial charge in [-0.15, -0.1) is 0 Å². The Morgan fingerprint density at radius 1 is 1.00 bits per heavy atom. The number of anilines is 3. The second kappa shape index (κ2) is 9.96. The molecule has 1 saturated carbocycles. The maximum absolute atomic E-state index is 4.76. The Morgan fingerprint density at radius 3 is 2.69 bits per heavy atom. The summed E-state index contributed by atoms with van der Waals surface area (Å²) in [5.74, 6) is 1.39. The molecule has 35 heavy (non-hydrogen) atoms. The average Bonchev–Trinajstić information content (AvgIpc) is 3.57. The summed E-state index contributed by atoms with van der Waals surface area (Å²) in [6, 6.07) is 8.06. The molecule has 3 fully saturated rings. The minimum Gasteiger partial charge on any atom is -0.368 e. The number of aliphatic imine (C=N–C) groups is 1. The second-order valence-corrected chi connectivity index (χ2v) is 10.7. The topological polar surface area (TPSA) is 93.6 Å². The van der Waals surface area contributed by atoms with Crippen LogP contribution in [0.4, 0.5) is 22.9 Å². The number of aromatic nitrogens is 3. The van der Waals surface area contributed by atoms with E-state index in [2.05, 4.69) is 49.1 Å². The minimum absolute atomic E-state index is 0.393. The number of hydrogen-bond donors (Lipinski definition) is 3. The van der Waals surface area contributed by atoms with E-state index >= 15 is 0 Å². The van der Waals surface area contributed by atoms with Gasteiger partial charge in [-0.3, -0.25) is 15.4 Å². The molecule has 2 saturated heterocycles. The predicted octanol–water partition coefficient (Wildman–Crippen LogP) is 3.87. The van der Waals surface area contributed by atoms with Crippen LogP contribution in [0, 0.1) is 5.92 Å². The number of nitrogens with one attached hydrogen (secondary N) is 3. The Balaban J connectivity index is 1.17. The van der Waals surface area contributed by atoms with Crippen LogP contribution in [0.3, 0.4) is 0 Å². The van der Waals surface area contributed by atoms with Gasteiger partial charge in [0, 0.05) is 26.2 Å². The first-order chi connectivity index (χ1) is 17.2. The Bertz CT molecular complexity index is 1220. The number of nitrogens with zero attached hydrogens (tertiary/aromatic N) is 6.